The molecule has 0 aliphatic rings. The largest absolute Gasteiger partial charge is 0.358 e. The Balaban J connectivity index is 2.32. The first-order valence-electron chi connectivity index (χ1n) is 5.02. The first-order chi connectivity index (χ1) is 7.68. The summed E-state index contributed by atoms with van der Waals surface area (Å²) in [6.07, 6.45) is 1.75. The van der Waals surface area contributed by atoms with Crippen molar-refractivity contribution in [1.29, 1.82) is 0 Å². The highest BCUT2D eigenvalue weighted by atomic mass is 16.6. The Kier molecular flexibility index (Phi) is 2.72. The molecule has 0 bridgehead atoms. The molecule has 0 atom stereocenters. The van der Waals surface area contributed by atoms with Crippen molar-refractivity contribution in [3.05, 3.63) is 63.8 Å². The molecular weight excluding hydrogens is 204 g/mol. The normalized spacial score (nSPS) is 10.3. The Hall–Kier alpha value is -2.10. The summed E-state index contributed by atoms with van der Waals surface area (Å²) in [7, 11) is 0. The molecule has 1 aromatic carbocycles. The minimum atomic E-state index is -0.335. The maximum Gasteiger partial charge on any atom is 0.326 e. The molecule has 82 valence electrons. The molecule has 0 fully saturated rings. The number of aromatic nitrogens is 1. The van der Waals surface area contributed by atoms with E-state index in [-0.39, 0.29) is 10.7 Å². The lowest BCUT2D eigenvalue weighted by Crippen LogP contribution is -2.03. The molecule has 0 aliphatic heterocycles. The Morgan fingerprint density at radius 2 is 1.94 bits per heavy atom. The highest BCUT2D eigenvalue weighted by molar-refractivity contribution is 5.34. The summed E-state index contributed by atoms with van der Waals surface area (Å²) in [4.78, 5) is 10.5. The van der Waals surface area contributed by atoms with Gasteiger partial charge in [0.25, 0.3) is 0 Å². The van der Waals surface area contributed by atoms with Crippen molar-refractivity contribution < 1.29 is 4.92 Å². The predicted molar refractivity (Wildman–Crippen MR) is 61.4 cm³/mol. The van der Waals surface area contributed by atoms with Crippen LogP contribution < -0.4 is 0 Å². The number of aryl methyl sites for hydroxylation is 1. The van der Waals surface area contributed by atoms with Crippen molar-refractivity contribution in [2.75, 3.05) is 0 Å². The van der Waals surface area contributed by atoms with Crippen molar-refractivity contribution in [3.63, 3.8) is 0 Å². The van der Waals surface area contributed by atoms with E-state index in [1.54, 1.807) is 23.8 Å². The van der Waals surface area contributed by atoms with Crippen LogP contribution in [0.2, 0.25) is 0 Å². The van der Waals surface area contributed by atoms with E-state index in [9.17, 15) is 10.1 Å². The van der Waals surface area contributed by atoms with E-state index >= 15 is 0 Å². The van der Waals surface area contributed by atoms with Gasteiger partial charge >= 0.3 is 5.82 Å². The molecule has 0 radical (unpaired) electrons. The molecule has 4 nitrogen and oxygen atoms in total. The first kappa shape index (κ1) is 10.4. The molecule has 2 rings (SSSR count). The minimum Gasteiger partial charge on any atom is -0.358 e. The second-order valence-electron chi connectivity index (χ2n) is 3.69. The van der Waals surface area contributed by atoms with E-state index in [4.69, 9.17) is 0 Å². The molecule has 1 heterocycles. The molecule has 0 saturated carbocycles. The van der Waals surface area contributed by atoms with E-state index in [2.05, 4.69) is 0 Å². The van der Waals surface area contributed by atoms with Crippen LogP contribution in [0.25, 0.3) is 0 Å². The van der Waals surface area contributed by atoms with E-state index in [1.165, 1.54) is 0 Å². The molecule has 0 amide bonds. The monoisotopic (exact) mass is 216 g/mol. The Morgan fingerprint density at radius 3 is 2.56 bits per heavy atom. The molecule has 4 heteroatoms. The van der Waals surface area contributed by atoms with Crippen LogP contribution in [0, 0.1) is 17.0 Å². The number of benzene rings is 1. The third-order valence-electron chi connectivity index (χ3n) is 2.50. The summed E-state index contributed by atoms with van der Waals surface area (Å²) >= 11 is 0. The zero-order chi connectivity index (χ0) is 11.5. The van der Waals surface area contributed by atoms with Gasteiger partial charge in [0.1, 0.15) is 6.54 Å². The van der Waals surface area contributed by atoms with Gasteiger partial charge in [0, 0.05) is 5.56 Å². The van der Waals surface area contributed by atoms with Gasteiger partial charge in [0.15, 0.2) is 0 Å². The van der Waals surface area contributed by atoms with Crippen molar-refractivity contribution in [1.82, 2.24) is 4.57 Å². The smallest absolute Gasteiger partial charge is 0.326 e. The van der Waals surface area contributed by atoms with Crippen LogP contribution in [0.4, 0.5) is 5.82 Å². The van der Waals surface area contributed by atoms with Gasteiger partial charge in [-0.15, -0.1) is 0 Å². The second-order valence-corrected chi connectivity index (χ2v) is 3.69. The van der Waals surface area contributed by atoms with E-state index in [0.717, 1.165) is 5.56 Å². The fourth-order valence-corrected chi connectivity index (χ4v) is 1.73. The number of nitrogens with zero attached hydrogens (tertiary/aromatic N) is 2. The number of nitro groups is 1. The summed E-state index contributed by atoms with van der Waals surface area (Å²) in [6, 6.07) is 11.5. The zero-order valence-electron chi connectivity index (χ0n) is 8.96. The summed E-state index contributed by atoms with van der Waals surface area (Å²) in [5, 5.41) is 10.9. The summed E-state index contributed by atoms with van der Waals surface area (Å²) in [5.74, 6) is 0.170. The summed E-state index contributed by atoms with van der Waals surface area (Å²) in [5.41, 5.74) is 1.75. The Bertz CT molecular complexity index is 503. The molecule has 0 N–H and O–H groups in total. The van der Waals surface area contributed by atoms with E-state index < -0.39 is 0 Å². The average molecular weight is 216 g/mol. The first-order valence-corrected chi connectivity index (χ1v) is 5.02. The number of hydrogen-bond acceptors (Lipinski definition) is 2. The number of hydrogen-bond donors (Lipinski definition) is 0. The van der Waals surface area contributed by atoms with Gasteiger partial charge in [-0.1, -0.05) is 30.3 Å². The van der Waals surface area contributed by atoms with Crippen LogP contribution >= 0.6 is 0 Å². The van der Waals surface area contributed by atoms with Gasteiger partial charge in [-0.3, -0.25) is 0 Å². The van der Waals surface area contributed by atoms with Crippen LogP contribution in [0.3, 0.4) is 0 Å². The minimum absolute atomic E-state index is 0.170. The van der Waals surface area contributed by atoms with Crippen molar-refractivity contribution >= 4 is 5.82 Å². The van der Waals surface area contributed by atoms with E-state index in [1.807, 2.05) is 30.3 Å². The standard InChI is InChI=1S/C12H12N2O2/c1-10-7-8-13(12(10)14(15)16)9-11-5-3-2-4-6-11/h2-8H,9H2,1H3. The summed E-state index contributed by atoms with van der Waals surface area (Å²) < 4.78 is 1.66. The van der Waals surface area contributed by atoms with Crippen LogP contribution in [-0.4, -0.2) is 9.49 Å². The van der Waals surface area contributed by atoms with Crippen LogP contribution in [0.15, 0.2) is 42.6 Å². The van der Waals surface area contributed by atoms with Crippen molar-refractivity contribution in [2.45, 2.75) is 13.5 Å². The maximum atomic E-state index is 10.9. The van der Waals surface area contributed by atoms with Gasteiger partial charge in [-0.25, -0.2) is 4.57 Å². The van der Waals surface area contributed by atoms with Gasteiger partial charge in [0.2, 0.25) is 0 Å². The fourth-order valence-electron chi connectivity index (χ4n) is 1.73. The Labute approximate surface area is 93.3 Å². The zero-order valence-corrected chi connectivity index (χ0v) is 8.96. The van der Waals surface area contributed by atoms with Gasteiger partial charge in [-0.05, 0) is 23.5 Å². The van der Waals surface area contributed by atoms with Gasteiger partial charge in [-0.2, -0.15) is 0 Å². The van der Waals surface area contributed by atoms with Crippen molar-refractivity contribution in [2.24, 2.45) is 0 Å². The molecule has 1 aromatic heterocycles. The van der Waals surface area contributed by atoms with Crippen LogP contribution in [0.1, 0.15) is 11.1 Å². The topological polar surface area (TPSA) is 48.1 Å². The average Bonchev–Trinajstić information content (AvgIpc) is 2.61. The van der Waals surface area contributed by atoms with Crippen LogP contribution in [0.5, 0.6) is 0 Å². The quantitative estimate of drug-likeness (QED) is 0.585. The van der Waals surface area contributed by atoms with Gasteiger partial charge in [0.05, 0.1) is 6.20 Å². The predicted octanol–water partition coefficient (Wildman–Crippen LogP) is 2.75. The Morgan fingerprint density at radius 1 is 1.25 bits per heavy atom. The second kappa shape index (κ2) is 4.18. The third kappa shape index (κ3) is 1.95. The maximum absolute atomic E-state index is 10.9. The molecule has 16 heavy (non-hydrogen) atoms. The van der Waals surface area contributed by atoms with E-state index in [0.29, 0.717) is 12.1 Å². The molecule has 0 aliphatic carbocycles. The molecule has 2 aromatic rings. The highest BCUT2D eigenvalue weighted by Gasteiger charge is 2.16. The summed E-state index contributed by atoms with van der Waals surface area (Å²) in [6.45, 7) is 2.28. The third-order valence-corrected chi connectivity index (χ3v) is 2.50. The number of rotatable bonds is 3. The lowest BCUT2D eigenvalue weighted by atomic mass is 10.2. The lowest BCUT2D eigenvalue weighted by Gasteiger charge is -2.02. The lowest BCUT2D eigenvalue weighted by molar-refractivity contribution is -0.392. The highest BCUT2D eigenvalue weighted by Crippen LogP contribution is 2.20. The van der Waals surface area contributed by atoms with Gasteiger partial charge < -0.3 is 10.1 Å². The molecule has 0 saturated heterocycles. The molecule has 0 spiro atoms. The fraction of sp³-hybridized carbons (Fsp3) is 0.167. The van der Waals surface area contributed by atoms with Crippen LogP contribution in [-0.2, 0) is 6.54 Å². The molecular formula is C12H12N2O2. The SMILES string of the molecule is Cc1ccn(Cc2ccccc2)c1[N+](=O)[O-]. The molecule has 0 unspecified atom stereocenters. The van der Waals surface area contributed by atoms with Crippen molar-refractivity contribution in [3.8, 4) is 0 Å².